The van der Waals surface area contributed by atoms with Crippen molar-refractivity contribution < 1.29 is 28.5 Å². The van der Waals surface area contributed by atoms with Crippen LogP contribution < -0.4 is 24.4 Å². The van der Waals surface area contributed by atoms with Gasteiger partial charge in [0.2, 0.25) is 0 Å². The van der Waals surface area contributed by atoms with Crippen LogP contribution >= 0.6 is 39.0 Å². The monoisotopic (exact) mass is 798 g/mol. The Morgan fingerprint density at radius 1 is 0.942 bits per heavy atom. The number of carbonyl (C=O) groups is 2. The highest BCUT2D eigenvalue weighted by Crippen LogP contribution is 2.38. The highest BCUT2D eigenvalue weighted by atomic mass is 79.9. The molecule has 0 saturated heterocycles. The van der Waals surface area contributed by atoms with Crippen molar-refractivity contribution in [2.24, 2.45) is 4.99 Å². The van der Waals surface area contributed by atoms with Crippen LogP contribution in [0.3, 0.4) is 0 Å². The Balaban J connectivity index is 1.41. The van der Waals surface area contributed by atoms with E-state index in [0.717, 1.165) is 21.6 Å². The molecule has 4 aromatic carbocycles. The van der Waals surface area contributed by atoms with Gasteiger partial charge in [-0.1, -0.05) is 65.9 Å². The predicted octanol–water partition coefficient (Wildman–Crippen LogP) is 7.18. The molecule has 1 aliphatic rings. The van der Waals surface area contributed by atoms with Crippen LogP contribution in [0.25, 0.3) is 11.8 Å². The van der Waals surface area contributed by atoms with Crippen LogP contribution in [-0.2, 0) is 20.9 Å². The fraction of sp³-hybridized carbons (Fsp3) is 0.200. The van der Waals surface area contributed by atoms with E-state index in [-0.39, 0.29) is 24.7 Å². The smallest absolute Gasteiger partial charge is 0.338 e. The summed E-state index contributed by atoms with van der Waals surface area (Å²) in [6.45, 7) is 4.22. The topological polar surface area (TPSA) is 105 Å². The number of aromatic nitrogens is 1. The van der Waals surface area contributed by atoms with E-state index in [0.29, 0.717) is 54.3 Å². The SMILES string of the molecule is CCOC(=O)C1=C(c2ccccc2)N=c2s/c(=C\c3cc(Br)c(OCc4ccc(C(=O)OCC)cc4)c(OC)c3)c(=O)n2[C@H]1c1ccc(SC)cc1. The maximum atomic E-state index is 14.4. The number of carbonyl (C=O) groups excluding carboxylic acids is 2. The number of methoxy groups -OCH3 is 1. The normalized spacial score (nSPS) is 14.0. The predicted molar refractivity (Wildman–Crippen MR) is 207 cm³/mol. The molecule has 12 heteroatoms. The highest BCUT2D eigenvalue weighted by Gasteiger charge is 2.35. The van der Waals surface area contributed by atoms with Crippen molar-refractivity contribution >= 4 is 62.7 Å². The second kappa shape index (κ2) is 16.6. The molecule has 9 nitrogen and oxygen atoms in total. The van der Waals surface area contributed by atoms with Crippen LogP contribution in [0.2, 0.25) is 0 Å². The quantitative estimate of drug-likeness (QED) is 0.0966. The number of nitrogens with zero attached hydrogens (tertiary/aromatic N) is 2. The first-order chi connectivity index (χ1) is 25.3. The van der Waals surface area contributed by atoms with E-state index in [1.807, 2.05) is 79.1 Å². The first-order valence-electron chi connectivity index (χ1n) is 16.4. The summed E-state index contributed by atoms with van der Waals surface area (Å²) < 4.78 is 25.1. The Bertz CT molecular complexity index is 2320. The number of thioether (sulfide) groups is 1. The largest absolute Gasteiger partial charge is 0.493 e. The number of hydrogen-bond acceptors (Lipinski definition) is 10. The number of rotatable bonds is 12. The molecule has 0 spiro atoms. The van der Waals surface area contributed by atoms with Gasteiger partial charge in [-0.25, -0.2) is 14.6 Å². The van der Waals surface area contributed by atoms with Gasteiger partial charge in [0.1, 0.15) is 6.61 Å². The van der Waals surface area contributed by atoms with Gasteiger partial charge in [-0.15, -0.1) is 11.8 Å². The van der Waals surface area contributed by atoms with Gasteiger partial charge in [-0.05, 0) is 95.2 Å². The molecule has 0 fully saturated rings. The third-order valence-electron chi connectivity index (χ3n) is 8.20. The number of fused-ring (bicyclic) bond motifs is 1. The van der Waals surface area contributed by atoms with Crippen molar-refractivity contribution in [2.45, 2.75) is 31.4 Å². The fourth-order valence-corrected chi connectivity index (χ4v) is 7.75. The molecule has 0 unspecified atom stereocenters. The minimum atomic E-state index is -0.771. The summed E-state index contributed by atoms with van der Waals surface area (Å²) in [5.74, 6) is 0.0337. The van der Waals surface area contributed by atoms with Gasteiger partial charge in [0.05, 0.1) is 52.2 Å². The fourth-order valence-electron chi connectivity index (χ4n) is 5.76. The molecular weight excluding hydrogens is 764 g/mol. The minimum Gasteiger partial charge on any atom is -0.493 e. The number of esters is 2. The molecule has 266 valence electrons. The van der Waals surface area contributed by atoms with Gasteiger partial charge in [-0.3, -0.25) is 9.36 Å². The zero-order valence-electron chi connectivity index (χ0n) is 28.9. The van der Waals surface area contributed by atoms with Crippen molar-refractivity contribution in [3.8, 4) is 11.5 Å². The van der Waals surface area contributed by atoms with Crippen LogP contribution in [0.5, 0.6) is 11.5 Å². The van der Waals surface area contributed by atoms with Gasteiger partial charge in [0, 0.05) is 10.5 Å². The lowest BCUT2D eigenvalue weighted by Gasteiger charge is -2.26. The van der Waals surface area contributed by atoms with Crippen molar-refractivity contribution in [1.82, 2.24) is 4.57 Å². The average Bonchev–Trinajstić information content (AvgIpc) is 3.47. The number of benzene rings is 4. The summed E-state index contributed by atoms with van der Waals surface area (Å²) in [5, 5.41) is 0. The second-order valence-electron chi connectivity index (χ2n) is 11.4. The molecule has 0 aliphatic carbocycles. The summed E-state index contributed by atoms with van der Waals surface area (Å²) in [5.41, 5.74) is 3.98. The molecule has 0 radical (unpaired) electrons. The van der Waals surface area contributed by atoms with Gasteiger partial charge in [0.25, 0.3) is 5.56 Å². The molecule has 1 atom stereocenters. The Morgan fingerprint density at radius 3 is 2.29 bits per heavy atom. The summed E-state index contributed by atoms with van der Waals surface area (Å²) in [7, 11) is 1.55. The van der Waals surface area contributed by atoms with E-state index in [1.54, 1.807) is 61.6 Å². The molecule has 1 aliphatic heterocycles. The van der Waals surface area contributed by atoms with Crippen LogP contribution in [0.4, 0.5) is 0 Å². The molecule has 0 saturated carbocycles. The molecule has 5 aromatic rings. The third kappa shape index (κ3) is 7.79. The summed E-state index contributed by atoms with van der Waals surface area (Å²) >= 11 is 6.48. The maximum absolute atomic E-state index is 14.4. The van der Waals surface area contributed by atoms with E-state index in [1.165, 1.54) is 11.3 Å². The number of ether oxygens (including phenoxy) is 4. The average molecular weight is 800 g/mol. The van der Waals surface area contributed by atoms with Gasteiger partial charge >= 0.3 is 11.9 Å². The molecule has 0 N–H and O–H groups in total. The first-order valence-corrected chi connectivity index (χ1v) is 19.3. The lowest BCUT2D eigenvalue weighted by Crippen LogP contribution is -2.40. The number of halogens is 1. The molecule has 52 heavy (non-hydrogen) atoms. The van der Waals surface area contributed by atoms with Crippen LogP contribution in [0.1, 0.15) is 52.5 Å². The van der Waals surface area contributed by atoms with E-state index < -0.39 is 12.0 Å². The molecule has 0 amide bonds. The van der Waals surface area contributed by atoms with Crippen LogP contribution in [-0.4, -0.2) is 43.1 Å². The summed E-state index contributed by atoms with van der Waals surface area (Å²) in [6.07, 6.45) is 3.77. The third-order valence-corrected chi connectivity index (χ3v) is 10.5. The number of thiazole rings is 1. The molecule has 2 heterocycles. The van der Waals surface area contributed by atoms with E-state index in [9.17, 15) is 14.4 Å². The Hall–Kier alpha value is -4.91. The summed E-state index contributed by atoms with van der Waals surface area (Å²) in [6, 6.07) is 27.2. The van der Waals surface area contributed by atoms with Gasteiger partial charge < -0.3 is 18.9 Å². The van der Waals surface area contributed by atoms with E-state index >= 15 is 0 Å². The number of hydrogen-bond donors (Lipinski definition) is 0. The Labute approximate surface area is 317 Å². The minimum absolute atomic E-state index is 0.172. The first kappa shape index (κ1) is 36.9. The van der Waals surface area contributed by atoms with Crippen molar-refractivity contribution in [1.29, 1.82) is 0 Å². The van der Waals surface area contributed by atoms with Crippen LogP contribution in [0.15, 0.2) is 116 Å². The standard InChI is InChI=1S/C40H35BrN2O7S2/c1-5-48-38(45)28-14-12-24(13-15-28)23-50-36-30(41)20-25(21-31(36)47-3)22-32-37(44)43-35(27-16-18-29(51-4)19-17-27)33(39(46)49-6-2)34(42-40(43)52-32)26-10-8-7-9-11-26/h7-22,35H,5-6,23H2,1-4H3/b32-22-/t35-/m0/s1. The van der Waals surface area contributed by atoms with E-state index in [4.69, 9.17) is 23.9 Å². The summed E-state index contributed by atoms with van der Waals surface area (Å²) in [4.78, 5) is 46.6. The van der Waals surface area contributed by atoms with Gasteiger partial charge in [0.15, 0.2) is 16.3 Å². The lowest BCUT2D eigenvalue weighted by molar-refractivity contribution is -0.138. The highest BCUT2D eigenvalue weighted by molar-refractivity contribution is 9.10. The molecular formula is C40H35BrN2O7S2. The lowest BCUT2D eigenvalue weighted by atomic mass is 9.93. The second-order valence-corrected chi connectivity index (χ2v) is 14.2. The van der Waals surface area contributed by atoms with Crippen molar-refractivity contribution in [3.63, 3.8) is 0 Å². The zero-order chi connectivity index (χ0) is 36.8. The van der Waals surface area contributed by atoms with Gasteiger partial charge in [-0.2, -0.15) is 0 Å². The molecule has 6 rings (SSSR count). The molecule has 0 bridgehead atoms. The van der Waals surface area contributed by atoms with E-state index in [2.05, 4.69) is 15.9 Å². The van der Waals surface area contributed by atoms with Crippen LogP contribution in [0, 0.1) is 0 Å². The maximum Gasteiger partial charge on any atom is 0.338 e. The Kier molecular flexibility index (Phi) is 11.8. The van der Waals surface area contributed by atoms with Crippen molar-refractivity contribution in [2.75, 3.05) is 26.6 Å². The Morgan fingerprint density at radius 2 is 1.63 bits per heavy atom. The van der Waals surface area contributed by atoms with Crippen molar-refractivity contribution in [3.05, 3.63) is 149 Å². The molecule has 1 aromatic heterocycles. The zero-order valence-corrected chi connectivity index (χ0v) is 32.1.